The van der Waals surface area contributed by atoms with Crippen LogP contribution in [-0.2, 0) is 19.3 Å². The molecule has 0 aliphatic heterocycles. The van der Waals surface area contributed by atoms with E-state index in [9.17, 15) is 0 Å². The van der Waals surface area contributed by atoms with Crippen molar-refractivity contribution in [3.05, 3.63) is 196 Å². The quantitative estimate of drug-likeness (QED) is 0.0447. The molecule has 3 nitrogen and oxygen atoms in total. The fourth-order valence-corrected chi connectivity index (χ4v) is 12.8. The molecule has 0 heterocycles. The molecule has 0 atom stereocenters. The van der Waals surface area contributed by atoms with Gasteiger partial charge in [-0.1, -0.05) is 187 Å². The Morgan fingerprint density at radius 2 is 0.517 bits per heavy atom. The molecule has 3 fully saturated rings. The zero-order valence-electron chi connectivity index (χ0n) is 54.8. The summed E-state index contributed by atoms with van der Waals surface area (Å²) < 4.78 is 16.5. The van der Waals surface area contributed by atoms with Crippen molar-refractivity contribution in [2.24, 2.45) is 17.8 Å². The van der Waals surface area contributed by atoms with Crippen LogP contribution < -0.4 is 14.2 Å². The van der Waals surface area contributed by atoms with Crippen LogP contribution >= 0.6 is 0 Å². The summed E-state index contributed by atoms with van der Waals surface area (Å²) in [6.45, 7) is 15.0. The first-order valence-electron chi connectivity index (χ1n) is 34.8. The first kappa shape index (κ1) is 67.9. The molecule has 0 bridgehead atoms. The molecule has 0 N–H and O–H groups in total. The maximum Gasteiger partial charge on any atom is 0.119 e. The number of rotatable bonds is 24. The lowest BCUT2D eigenvalue weighted by Gasteiger charge is -2.26. The summed E-state index contributed by atoms with van der Waals surface area (Å²) in [5.41, 5.74) is 12.3. The first-order chi connectivity index (χ1) is 42.8. The molecular weight excluding hydrogens is 1060 g/mol. The van der Waals surface area contributed by atoms with E-state index in [1.807, 2.05) is 57.2 Å². The highest BCUT2D eigenvalue weighted by Gasteiger charge is 2.24. The lowest BCUT2D eigenvalue weighted by atomic mass is 9.78. The molecule has 3 saturated carbocycles. The highest BCUT2D eigenvalue weighted by molar-refractivity contribution is 5.41. The van der Waals surface area contributed by atoms with Gasteiger partial charge in [0.05, 0.1) is 19.8 Å². The molecule has 0 unspecified atom stereocenters. The number of unbranched alkanes of at least 4 members (excludes halogenated alkanes) is 9. The fourth-order valence-electron chi connectivity index (χ4n) is 12.8. The summed E-state index contributed by atoms with van der Waals surface area (Å²) in [5.74, 6) is 27.2. The Kier molecular flexibility index (Phi) is 31.3. The van der Waals surface area contributed by atoms with Gasteiger partial charge in [-0.05, 0) is 260 Å². The zero-order valence-corrected chi connectivity index (χ0v) is 54.8. The van der Waals surface area contributed by atoms with Crippen LogP contribution in [0.5, 0.6) is 17.2 Å². The lowest BCUT2D eigenvalue weighted by Crippen LogP contribution is -2.12. The van der Waals surface area contributed by atoms with Crippen molar-refractivity contribution < 1.29 is 14.2 Å². The van der Waals surface area contributed by atoms with E-state index in [2.05, 4.69) is 165 Å². The maximum atomic E-state index is 5.50. The van der Waals surface area contributed by atoms with E-state index < -0.39 is 0 Å². The third-order valence-corrected chi connectivity index (χ3v) is 18.2. The van der Waals surface area contributed by atoms with Gasteiger partial charge in [0.2, 0.25) is 0 Å². The molecule has 3 aliphatic carbocycles. The number of hydrogen-bond acceptors (Lipinski definition) is 3. The minimum atomic E-state index is 0.537. The van der Waals surface area contributed by atoms with Gasteiger partial charge in [-0.3, -0.25) is 0 Å². The number of ether oxygens (including phenoxy) is 3. The monoisotopic (exact) mass is 1160 g/mol. The molecule has 9 rings (SSSR count). The molecule has 0 spiro atoms. The fraction of sp³-hybridized carbons (Fsp3) is 0.500. The predicted octanol–water partition coefficient (Wildman–Crippen LogP) is 22.6. The average Bonchev–Trinajstić information content (AvgIpc) is 3.71. The van der Waals surface area contributed by atoms with Crippen LogP contribution in [0.4, 0.5) is 0 Å². The van der Waals surface area contributed by atoms with E-state index >= 15 is 0 Å². The number of benzene rings is 6. The molecular formula is C84H108O3. The lowest BCUT2D eigenvalue weighted by molar-refractivity contribution is 0.340. The Morgan fingerprint density at radius 1 is 0.276 bits per heavy atom. The second-order valence-electron chi connectivity index (χ2n) is 25.0. The Hall–Kier alpha value is -6.60. The SMILES string of the molecule is CCCCCCCc1ccc([C@H]2CC[C@H](C#Cc3ccc(OCC)cc3)CC2)cc1.CCCCCCc1ccc([C@H]2CC[C@H](C#Cc3ccc(OCC)cc3)CC2)cc1.CCCCCc1ccc([C@H]2CC[C@H](C#Cc3ccc(OCC)cc3)CC2)cc1. The minimum Gasteiger partial charge on any atom is -0.494 e. The van der Waals surface area contributed by atoms with Crippen molar-refractivity contribution in [2.45, 2.75) is 233 Å². The summed E-state index contributed by atoms with van der Waals surface area (Å²) in [7, 11) is 0. The topological polar surface area (TPSA) is 27.7 Å². The van der Waals surface area contributed by atoms with E-state index in [4.69, 9.17) is 14.2 Å². The maximum absolute atomic E-state index is 5.50. The van der Waals surface area contributed by atoms with Gasteiger partial charge < -0.3 is 14.2 Å². The van der Waals surface area contributed by atoms with Gasteiger partial charge in [-0.25, -0.2) is 0 Å². The Balaban J connectivity index is 0.000000187. The van der Waals surface area contributed by atoms with Crippen molar-refractivity contribution >= 4 is 0 Å². The van der Waals surface area contributed by atoms with Gasteiger partial charge in [-0.15, -0.1) is 0 Å². The zero-order chi connectivity index (χ0) is 60.9. The second-order valence-corrected chi connectivity index (χ2v) is 25.0. The summed E-state index contributed by atoms with van der Waals surface area (Å²) in [5, 5.41) is 0. The van der Waals surface area contributed by atoms with Crippen LogP contribution in [-0.4, -0.2) is 19.8 Å². The molecule has 462 valence electrons. The van der Waals surface area contributed by atoms with E-state index in [0.717, 1.165) is 33.9 Å². The normalized spacial score (nSPS) is 18.7. The predicted molar refractivity (Wildman–Crippen MR) is 370 cm³/mol. The molecule has 87 heavy (non-hydrogen) atoms. The van der Waals surface area contributed by atoms with Gasteiger partial charge in [0.15, 0.2) is 0 Å². The van der Waals surface area contributed by atoms with E-state index in [1.54, 1.807) is 0 Å². The van der Waals surface area contributed by atoms with E-state index in [-0.39, 0.29) is 0 Å². The smallest absolute Gasteiger partial charge is 0.119 e. The molecule has 3 heteroatoms. The van der Waals surface area contributed by atoms with Gasteiger partial charge in [0.25, 0.3) is 0 Å². The first-order valence-corrected chi connectivity index (χ1v) is 34.8. The Labute approximate surface area is 530 Å². The number of aryl methyl sites for hydroxylation is 3. The second kappa shape index (κ2) is 40.0. The molecule has 6 aromatic carbocycles. The van der Waals surface area contributed by atoms with Crippen molar-refractivity contribution in [1.82, 2.24) is 0 Å². The van der Waals surface area contributed by atoms with Gasteiger partial charge in [0.1, 0.15) is 17.2 Å². The molecule has 0 saturated heterocycles. The third kappa shape index (κ3) is 25.2. The summed E-state index contributed by atoms with van der Waals surface area (Å²) in [6, 6.07) is 52.9. The molecule has 0 amide bonds. The summed E-state index contributed by atoms with van der Waals surface area (Å²) in [6.07, 6.45) is 34.7. The summed E-state index contributed by atoms with van der Waals surface area (Å²) in [4.78, 5) is 0. The molecule has 0 radical (unpaired) electrons. The highest BCUT2D eigenvalue weighted by atomic mass is 16.5. The van der Waals surface area contributed by atoms with Crippen molar-refractivity contribution in [1.29, 1.82) is 0 Å². The third-order valence-electron chi connectivity index (χ3n) is 18.2. The Bertz CT molecular complexity index is 2960. The van der Waals surface area contributed by atoms with E-state index in [0.29, 0.717) is 55.3 Å². The van der Waals surface area contributed by atoms with Crippen LogP contribution in [0, 0.1) is 53.3 Å². The molecule has 6 aromatic rings. The van der Waals surface area contributed by atoms with Gasteiger partial charge in [0, 0.05) is 34.4 Å². The Morgan fingerprint density at radius 3 is 0.782 bits per heavy atom. The van der Waals surface area contributed by atoms with Gasteiger partial charge in [-0.2, -0.15) is 0 Å². The van der Waals surface area contributed by atoms with Crippen LogP contribution in [0.2, 0.25) is 0 Å². The van der Waals surface area contributed by atoms with Crippen LogP contribution in [0.15, 0.2) is 146 Å². The highest BCUT2D eigenvalue weighted by Crippen LogP contribution is 2.38. The standard InChI is InChI=1S/C29H38O.C28H36O.C27H34O/c1-3-5-6-7-8-9-24-12-18-27(19-13-24)28-20-14-25(15-21-28)10-11-26-16-22-29(23-17-26)30-4-2;1-3-5-6-7-8-23-11-17-26(18-12-23)27-19-13-24(14-20-27)9-10-25-15-21-28(22-16-25)29-4-2;1-3-5-6-7-22-10-16-25(17-11-22)26-18-12-23(13-19-26)8-9-24-14-20-27(21-15-24)28-4-2/h12-13,16-19,22-23,25,28H,3-9,14-15,20-21H2,1-2H3;11-12,15-18,21-22,24,27H,3-8,13-14,19-20H2,1-2H3;10-11,14-17,20-21,23,26H,3-7,12-13,18-19H2,1-2H3/t25-,28-;24-,27-;23-,26-. The van der Waals surface area contributed by atoms with Crippen LogP contribution in [0.1, 0.15) is 263 Å². The molecule has 0 aromatic heterocycles. The van der Waals surface area contributed by atoms with Crippen LogP contribution in [0.3, 0.4) is 0 Å². The largest absolute Gasteiger partial charge is 0.494 e. The molecule has 3 aliphatic rings. The van der Waals surface area contributed by atoms with Gasteiger partial charge >= 0.3 is 0 Å². The van der Waals surface area contributed by atoms with Crippen molar-refractivity contribution in [2.75, 3.05) is 19.8 Å². The van der Waals surface area contributed by atoms with E-state index in [1.165, 1.54) is 207 Å². The number of hydrogen-bond donors (Lipinski definition) is 0. The minimum absolute atomic E-state index is 0.537. The van der Waals surface area contributed by atoms with Crippen LogP contribution in [0.25, 0.3) is 0 Å². The van der Waals surface area contributed by atoms with Crippen molar-refractivity contribution in [3.63, 3.8) is 0 Å². The average molecular weight is 1170 g/mol. The van der Waals surface area contributed by atoms with Crippen molar-refractivity contribution in [3.8, 4) is 52.8 Å². The summed E-state index contributed by atoms with van der Waals surface area (Å²) >= 11 is 0.